The zero-order valence-electron chi connectivity index (χ0n) is 14.9. The molecule has 2 heterocycles. The van der Waals surface area contributed by atoms with Crippen LogP contribution in [0.3, 0.4) is 0 Å². The van der Waals surface area contributed by atoms with Crippen molar-refractivity contribution in [3.05, 3.63) is 64.5 Å². The minimum absolute atomic E-state index is 0.342. The van der Waals surface area contributed by atoms with Gasteiger partial charge in [0, 0.05) is 24.5 Å². The van der Waals surface area contributed by atoms with Gasteiger partial charge in [-0.3, -0.25) is 0 Å². The molecule has 0 unspecified atom stereocenters. The second kappa shape index (κ2) is 7.25. The maximum atomic E-state index is 12.5. The summed E-state index contributed by atoms with van der Waals surface area (Å²) in [6.45, 7) is 3.90. The molecule has 138 valence electrons. The molecule has 0 atom stereocenters. The number of rotatable bonds is 2. The van der Waals surface area contributed by atoms with Crippen LogP contribution in [0.15, 0.2) is 57.7 Å². The van der Waals surface area contributed by atoms with E-state index in [1.165, 1.54) is 0 Å². The van der Waals surface area contributed by atoms with Crippen molar-refractivity contribution < 1.29 is 18.7 Å². The molecule has 0 radical (unpaired) electrons. The Morgan fingerprint density at radius 1 is 1.07 bits per heavy atom. The molecule has 1 amide bonds. The van der Waals surface area contributed by atoms with Crippen molar-refractivity contribution in [2.45, 2.75) is 6.92 Å². The number of ether oxygens (including phenoxy) is 2. The number of amides is 1. The number of fused-ring (bicyclic) bond motifs is 1. The van der Waals surface area contributed by atoms with Crippen molar-refractivity contribution in [3.8, 4) is 16.9 Å². The van der Waals surface area contributed by atoms with Crippen molar-refractivity contribution in [3.63, 3.8) is 0 Å². The Hall–Kier alpha value is -3.12. The van der Waals surface area contributed by atoms with Crippen LogP contribution in [0.2, 0.25) is 0 Å². The Morgan fingerprint density at radius 2 is 1.81 bits per heavy atom. The van der Waals surface area contributed by atoms with Crippen LogP contribution in [0, 0.1) is 6.92 Å². The lowest BCUT2D eigenvalue weighted by Gasteiger charge is -2.25. The lowest BCUT2D eigenvalue weighted by Crippen LogP contribution is -2.42. The molecule has 0 N–H and O–H groups in total. The van der Waals surface area contributed by atoms with Crippen LogP contribution in [-0.4, -0.2) is 37.3 Å². The molecule has 2 aromatic carbocycles. The third kappa shape index (κ3) is 3.44. The Bertz CT molecular complexity index is 1040. The lowest BCUT2D eigenvalue weighted by molar-refractivity contribution is 0.0416. The third-order valence-corrected chi connectivity index (χ3v) is 4.68. The van der Waals surface area contributed by atoms with Gasteiger partial charge < -0.3 is 18.8 Å². The summed E-state index contributed by atoms with van der Waals surface area (Å²) in [7, 11) is 0. The number of benzene rings is 2. The molecule has 4 rings (SSSR count). The molecule has 1 fully saturated rings. The number of aryl methyl sites for hydroxylation is 1. The van der Waals surface area contributed by atoms with Crippen LogP contribution < -0.4 is 10.4 Å². The number of morpholine rings is 1. The summed E-state index contributed by atoms with van der Waals surface area (Å²) in [6, 6.07) is 14.5. The standard InChI is InChI=1S/C21H19NO5/c1-14-17-8-7-16(26-21(24)22-9-11-25-12-10-22)13-18(17)27-20(23)19(14)15-5-3-2-4-6-15/h2-8,13H,9-12H2,1H3. The normalized spacial score (nSPS) is 14.3. The second-order valence-corrected chi connectivity index (χ2v) is 6.38. The first-order valence-corrected chi connectivity index (χ1v) is 8.81. The van der Waals surface area contributed by atoms with E-state index in [4.69, 9.17) is 13.9 Å². The van der Waals surface area contributed by atoms with Crippen LogP contribution in [0.4, 0.5) is 4.79 Å². The summed E-state index contributed by atoms with van der Waals surface area (Å²) in [5, 5.41) is 0.805. The molecule has 3 aromatic rings. The van der Waals surface area contributed by atoms with Crippen LogP contribution in [0.5, 0.6) is 5.75 Å². The number of carbonyl (C=O) groups excluding carboxylic acids is 1. The van der Waals surface area contributed by atoms with Gasteiger partial charge in [-0.2, -0.15) is 0 Å². The Morgan fingerprint density at radius 3 is 2.56 bits per heavy atom. The minimum Gasteiger partial charge on any atom is -0.422 e. The molecular formula is C21H19NO5. The van der Waals surface area contributed by atoms with E-state index in [2.05, 4.69) is 0 Å². The van der Waals surface area contributed by atoms with Gasteiger partial charge in [0.15, 0.2) is 0 Å². The largest absolute Gasteiger partial charge is 0.422 e. The molecule has 0 aliphatic carbocycles. The van der Waals surface area contributed by atoms with E-state index in [0.29, 0.717) is 43.2 Å². The van der Waals surface area contributed by atoms with E-state index in [1.54, 1.807) is 17.0 Å². The van der Waals surface area contributed by atoms with Crippen LogP contribution in [0.1, 0.15) is 5.56 Å². The Kier molecular flexibility index (Phi) is 4.64. The number of hydrogen-bond acceptors (Lipinski definition) is 5. The molecule has 1 saturated heterocycles. The zero-order chi connectivity index (χ0) is 18.8. The molecular weight excluding hydrogens is 346 g/mol. The van der Waals surface area contributed by atoms with Crippen molar-refractivity contribution in [1.82, 2.24) is 4.90 Å². The quantitative estimate of drug-likeness (QED) is 0.649. The first-order valence-electron chi connectivity index (χ1n) is 8.81. The Labute approximate surface area is 155 Å². The first kappa shape index (κ1) is 17.3. The van der Waals surface area contributed by atoms with Gasteiger partial charge in [-0.25, -0.2) is 9.59 Å². The molecule has 27 heavy (non-hydrogen) atoms. The predicted molar refractivity (Wildman–Crippen MR) is 101 cm³/mol. The fourth-order valence-electron chi connectivity index (χ4n) is 3.25. The number of hydrogen-bond donors (Lipinski definition) is 0. The van der Waals surface area contributed by atoms with Crippen molar-refractivity contribution in [1.29, 1.82) is 0 Å². The van der Waals surface area contributed by atoms with Gasteiger partial charge in [-0.05, 0) is 30.2 Å². The van der Waals surface area contributed by atoms with Crippen molar-refractivity contribution in [2.24, 2.45) is 0 Å². The zero-order valence-corrected chi connectivity index (χ0v) is 14.9. The molecule has 1 aliphatic rings. The maximum Gasteiger partial charge on any atom is 0.415 e. The van der Waals surface area contributed by atoms with Crippen molar-refractivity contribution >= 4 is 17.1 Å². The summed E-state index contributed by atoms with van der Waals surface area (Å²) in [5.41, 5.74) is 2.17. The van der Waals surface area contributed by atoms with Gasteiger partial charge in [0.2, 0.25) is 0 Å². The van der Waals surface area contributed by atoms with Gasteiger partial charge in [-0.1, -0.05) is 30.3 Å². The van der Waals surface area contributed by atoms with Gasteiger partial charge in [-0.15, -0.1) is 0 Å². The summed E-state index contributed by atoms with van der Waals surface area (Å²) < 4.78 is 16.2. The van der Waals surface area contributed by atoms with Crippen LogP contribution in [-0.2, 0) is 4.74 Å². The second-order valence-electron chi connectivity index (χ2n) is 6.38. The molecule has 1 aromatic heterocycles. The third-order valence-electron chi connectivity index (χ3n) is 4.68. The molecule has 6 heteroatoms. The van der Waals surface area contributed by atoms with Gasteiger partial charge in [0.1, 0.15) is 11.3 Å². The van der Waals surface area contributed by atoms with Crippen molar-refractivity contribution in [2.75, 3.05) is 26.3 Å². The summed E-state index contributed by atoms with van der Waals surface area (Å²) in [6.07, 6.45) is -0.433. The van der Waals surface area contributed by atoms with Gasteiger partial charge >= 0.3 is 11.7 Å². The highest BCUT2D eigenvalue weighted by atomic mass is 16.6. The average Bonchev–Trinajstić information content (AvgIpc) is 2.69. The Balaban J connectivity index is 1.67. The minimum atomic E-state index is -0.433. The fraction of sp³-hybridized carbons (Fsp3) is 0.238. The van der Waals surface area contributed by atoms with Gasteiger partial charge in [0.25, 0.3) is 0 Å². The summed E-state index contributed by atoms with van der Waals surface area (Å²) in [4.78, 5) is 26.4. The summed E-state index contributed by atoms with van der Waals surface area (Å²) >= 11 is 0. The number of carbonyl (C=O) groups is 1. The summed E-state index contributed by atoms with van der Waals surface area (Å²) in [5.74, 6) is 0.342. The van der Waals surface area contributed by atoms with E-state index < -0.39 is 11.7 Å². The van der Waals surface area contributed by atoms with E-state index in [1.807, 2.05) is 43.3 Å². The topological polar surface area (TPSA) is 69.0 Å². The SMILES string of the molecule is Cc1c(-c2ccccc2)c(=O)oc2cc(OC(=O)N3CCOCC3)ccc12. The lowest BCUT2D eigenvalue weighted by atomic mass is 10.00. The highest BCUT2D eigenvalue weighted by Crippen LogP contribution is 2.29. The smallest absolute Gasteiger partial charge is 0.415 e. The first-order chi connectivity index (χ1) is 13.1. The molecule has 1 aliphatic heterocycles. The highest BCUT2D eigenvalue weighted by molar-refractivity contribution is 5.87. The van der Waals surface area contributed by atoms with Crippen LogP contribution >= 0.6 is 0 Å². The monoisotopic (exact) mass is 365 g/mol. The highest BCUT2D eigenvalue weighted by Gasteiger charge is 2.19. The van der Waals surface area contributed by atoms with Crippen LogP contribution in [0.25, 0.3) is 22.1 Å². The molecule has 0 spiro atoms. The fourth-order valence-corrected chi connectivity index (χ4v) is 3.25. The van der Waals surface area contributed by atoms with E-state index in [0.717, 1.165) is 16.5 Å². The molecule has 6 nitrogen and oxygen atoms in total. The molecule has 0 saturated carbocycles. The van der Waals surface area contributed by atoms with E-state index >= 15 is 0 Å². The predicted octanol–water partition coefficient (Wildman–Crippen LogP) is 3.60. The maximum absolute atomic E-state index is 12.5. The van der Waals surface area contributed by atoms with Gasteiger partial charge in [0.05, 0.1) is 18.8 Å². The molecule has 0 bridgehead atoms. The number of nitrogens with zero attached hydrogens (tertiary/aromatic N) is 1. The van der Waals surface area contributed by atoms with E-state index in [9.17, 15) is 9.59 Å². The average molecular weight is 365 g/mol. The van der Waals surface area contributed by atoms with E-state index in [-0.39, 0.29) is 0 Å².